The van der Waals surface area contributed by atoms with Crippen LogP contribution < -0.4 is 10.6 Å². The Morgan fingerprint density at radius 1 is 1.18 bits per heavy atom. The van der Waals surface area contributed by atoms with Gasteiger partial charge >= 0.3 is 12.2 Å². The summed E-state index contributed by atoms with van der Waals surface area (Å²) < 4.78 is 10.5. The highest BCUT2D eigenvalue weighted by Gasteiger charge is 2.32. The minimum atomic E-state index is -0.610. The van der Waals surface area contributed by atoms with Gasteiger partial charge in [-0.05, 0) is 49.9 Å². The molecule has 3 aromatic rings. The fourth-order valence-corrected chi connectivity index (χ4v) is 5.12. The second-order valence-corrected chi connectivity index (χ2v) is 10.0. The summed E-state index contributed by atoms with van der Waals surface area (Å²) in [5.74, 6) is 0.580. The van der Waals surface area contributed by atoms with Crippen LogP contribution in [0.4, 0.5) is 21.0 Å². The minimum absolute atomic E-state index is 0.114. The first kappa shape index (κ1) is 27.0. The number of nitrogens with zero attached hydrogens (tertiary/aromatic N) is 2. The molecular weight excluding hydrogens is 510 g/mol. The lowest BCUT2D eigenvalue weighted by molar-refractivity contribution is -0.116. The number of aromatic amines is 1. The fraction of sp³-hybridized carbons (Fsp3) is 0.333. The van der Waals surface area contributed by atoms with Crippen LogP contribution >= 0.6 is 0 Å². The van der Waals surface area contributed by atoms with Crippen LogP contribution in [0, 0.1) is 6.92 Å². The number of aromatic nitrogens is 2. The van der Waals surface area contributed by atoms with Gasteiger partial charge in [0.15, 0.2) is 0 Å². The topological polar surface area (TPSA) is 126 Å². The number of nitrogens with one attached hydrogen (secondary N) is 3. The molecule has 3 heterocycles. The molecule has 2 aliphatic rings. The number of carbonyl (C=O) groups excluding carboxylic acids is 3. The highest BCUT2D eigenvalue weighted by atomic mass is 16.6. The van der Waals surface area contributed by atoms with E-state index < -0.39 is 6.09 Å². The first-order valence-electron chi connectivity index (χ1n) is 13.4. The number of cyclic esters (lactones) is 1. The number of allylic oxidation sites excluding steroid dienone is 1. The summed E-state index contributed by atoms with van der Waals surface area (Å²) in [7, 11) is 1.28. The van der Waals surface area contributed by atoms with Crippen molar-refractivity contribution in [3.8, 4) is 11.3 Å². The summed E-state index contributed by atoms with van der Waals surface area (Å²) in [6.45, 7) is 2.91. The van der Waals surface area contributed by atoms with E-state index in [1.807, 2.05) is 18.2 Å². The number of fused-ring (bicyclic) bond motifs is 4. The lowest BCUT2D eigenvalue weighted by atomic mass is 9.95. The van der Waals surface area contributed by atoms with Crippen molar-refractivity contribution in [3.63, 3.8) is 0 Å². The molecular formula is C30H33N5O5. The van der Waals surface area contributed by atoms with Crippen molar-refractivity contribution < 1.29 is 23.9 Å². The molecule has 0 saturated carbocycles. The Balaban J connectivity index is 1.45. The van der Waals surface area contributed by atoms with Gasteiger partial charge in [0.1, 0.15) is 12.4 Å². The summed E-state index contributed by atoms with van der Waals surface area (Å²) in [5.41, 5.74) is 4.71. The molecule has 40 heavy (non-hydrogen) atoms. The molecule has 10 nitrogen and oxygen atoms in total. The molecule has 1 aromatic heterocycles. The Hall–Kier alpha value is -4.60. The van der Waals surface area contributed by atoms with Crippen LogP contribution in [0.25, 0.3) is 11.3 Å². The van der Waals surface area contributed by atoms with Crippen molar-refractivity contribution >= 4 is 29.5 Å². The molecule has 1 unspecified atom stereocenters. The number of aryl methyl sites for hydroxylation is 1. The lowest BCUT2D eigenvalue weighted by Crippen LogP contribution is -2.35. The predicted octanol–water partition coefficient (Wildman–Crippen LogP) is 5.91. The Kier molecular flexibility index (Phi) is 8.14. The Bertz CT molecular complexity index is 1430. The van der Waals surface area contributed by atoms with Gasteiger partial charge in [-0.2, -0.15) is 0 Å². The number of methoxy groups -OCH3 is 1. The first-order chi connectivity index (χ1) is 19.4. The lowest BCUT2D eigenvalue weighted by Gasteiger charge is -2.27. The molecule has 5 rings (SSSR count). The summed E-state index contributed by atoms with van der Waals surface area (Å²) >= 11 is 0. The number of hydrogen-bond acceptors (Lipinski definition) is 6. The number of hydrogen-bond donors (Lipinski definition) is 3. The van der Waals surface area contributed by atoms with E-state index >= 15 is 0 Å². The van der Waals surface area contributed by atoms with Gasteiger partial charge < -0.3 is 19.8 Å². The van der Waals surface area contributed by atoms with Crippen molar-refractivity contribution in [1.82, 2.24) is 14.9 Å². The monoisotopic (exact) mass is 543 g/mol. The van der Waals surface area contributed by atoms with Crippen LogP contribution in [0.1, 0.15) is 54.6 Å². The van der Waals surface area contributed by atoms with E-state index in [0.29, 0.717) is 54.4 Å². The molecule has 2 atom stereocenters. The van der Waals surface area contributed by atoms with Gasteiger partial charge in [0, 0.05) is 30.1 Å². The van der Waals surface area contributed by atoms with E-state index in [1.54, 1.807) is 29.3 Å². The van der Waals surface area contributed by atoms with Gasteiger partial charge in [-0.15, -0.1) is 0 Å². The molecule has 0 radical (unpaired) electrons. The first-order valence-corrected chi connectivity index (χ1v) is 13.4. The van der Waals surface area contributed by atoms with Gasteiger partial charge in [-0.3, -0.25) is 15.0 Å². The normalized spacial score (nSPS) is 20.4. The second kappa shape index (κ2) is 12.1. The maximum absolute atomic E-state index is 13.2. The van der Waals surface area contributed by atoms with Crippen molar-refractivity contribution in [1.29, 1.82) is 0 Å². The maximum Gasteiger partial charge on any atom is 0.411 e. The van der Waals surface area contributed by atoms with Crippen molar-refractivity contribution in [3.05, 3.63) is 77.8 Å². The van der Waals surface area contributed by atoms with E-state index in [-0.39, 0.29) is 30.4 Å². The molecule has 1 fully saturated rings. The number of amides is 3. The van der Waals surface area contributed by atoms with E-state index in [2.05, 4.69) is 50.5 Å². The number of H-pyrrole nitrogens is 1. The number of imidazole rings is 1. The highest BCUT2D eigenvalue weighted by Crippen LogP contribution is 2.34. The Labute approximate surface area is 232 Å². The minimum Gasteiger partial charge on any atom is -0.453 e. The fourth-order valence-electron chi connectivity index (χ4n) is 5.12. The average molecular weight is 544 g/mol. The third-order valence-electron chi connectivity index (χ3n) is 7.24. The molecule has 3 amide bonds. The van der Waals surface area contributed by atoms with Crippen molar-refractivity contribution in [2.24, 2.45) is 0 Å². The van der Waals surface area contributed by atoms with Crippen LogP contribution in [-0.2, 0) is 14.3 Å². The van der Waals surface area contributed by atoms with Crippen LogP contribution in [0.3, 0.4) is 0 Å². The van der Waals surface area contributed by atoms with Gasteiger partial charge in [-0.25, -0.2) is 14.6 Å². The van der Waals surface area contributed by atoms with Crippen molar-refractivity contribution in [2.45, 2.75) is 44.6 Å². The molecule has 1 saturated heterocycles. The van der Waals surface area contributed by atoms with Gasteiger partial charge in [0.05, 0.1) is 30.7 Å². The number of benzene rings is 2. The van der Waals surface area contributed by atoms with E-state index in [9.17, 15) is 14.4 Å². The predicted molar refractivity (Wildman–Crippen MR) is 151 cm³/mol. The number of anilines is 2. The zero-order valence-electron chi connectivity index (χ0n) is 22.6. The second-order valence-electron chi connectivity index (χ2n) is 10.0. The Morgan fingerprint density at radius 2 is 2.05 bits per heavy atom. The van der Waals surface area contributed by atoms with Crippen molar-refractivity contribution in [2.75, 3.05) is 30.9 Å². The number of ether oxygens (including phenoxy) is 2. The standard InChI is InChI=1S/C30H33N5O5/c1-19-7-6-8-20(15-19)21-13-14-35(30(38)40-18-21)26-9-4-3-5-10-27(36)33-24-16-22(32-29(37)39-2)11-12-23(24)25-17-31-28(26)34-25/h3-4,6-8,11-12,15-17,21,26H,5,9-10,13-14,18H2,1-2H3,(H,31,34)(H,32,37)(H,33,36)/b4-3+/t21?,26-/m0/s1. The molecule has 10 heteroatoms. The van der Waals surface area contributed by atoms with E-state index in [0.717, 1.165) is 6.42 Å². The smallest absolute Gasteiger partial charge is 0.411 e. The average Bonchev–Trinajstić information content (AvgIpc) is 3.34. The molecule has 0 spiro atoms. The van der Waals surface area contributed by atoms with Gasteiger partial charge in [0.2, 0.25) is 5.91 Å². The van der Waals surface area contributed by atoms with Gasteiger partial charge in [0.25, 0.3) is 0 Å². The van der Waals surface area contributed by atoms with Crippen LogP contribution in [0.5, 0.6) is 0 Å². The molecule has 208 valence electrons. The third kappa shape index (κ3) is 6.17. The summed E-state index contributed by atoms with van der Waals surface area (Å²) in [4.78, 5) is 47.4. The third-order valence-corrected chi connectivity index (χ3v) is 7.24. The molecule has 2 aromatic carbocycles. The zero-order valence-corrected chi connectivity index (χ0v) is 22.6. The highest BCUT2D eigenvalue weighted by molar-refractivity contribution is 5.97. The summed E-state index contributed by atoms with van der Waals surface area (Å²) in [5, 5.41) is 5.57. The maximum atomic E-state index is 13.2. The molecule has 3 N–H and O–H groups in total. The van der Waals surface area contributed by atoms with E-state index in [1.165, 1.54) is 18.2 Å². The largest absolute Gasteiger partial charge is 0.453 e. The van der Waals surface area contributed by atoms with E-state index in [4.69, 9.17) is 4.74 Å². The van der Waals surface area contributed by atoms with Crippen LogP contribution in [-0.4, -0.2) is 53.2 Å². The molecule has 2 bridgehead atoms. The zero-order chi connectivity index (χ0) is 28.1. The summed E-state index contributed by atoms with van der Waals surface area (Å²) in [6.07, 6.45) is 6.75. The van der Waals surface area contributed by atoms with Gasteiger partial charge in [-0.1, -0.05) is 42.0 Å². The number of carbonyl (C=O) groups is 3. The van der Waals surface area contributed by atoms with Crippen LogP contribution in [0.15, 0.2) is 60.8 Å². The molecule has 2 aliphatic heterocycles. The molecule has 0 aliphatic carbocycles. The number of rotatable bonds is 3. The quantitative estimate of drug-likeness (QED) is 0.353. The van der Waals surface area contributed by atoms with Crippen LogP contribution in [0.2, 0.25) is 0 Å². The Morgan fingerprint density at radius 3 is 2.88 bits per heavy atom. The summed E-state index contributed by atoms with van der Waals surface area (Å²) in [6, 6.07) is 13.1. The SMILES string of the molecule is COC(=O)Nc1ccc2c(c1)NC(=O)CC/C=C/C[C@H](N1CCC(c3cccc(C)c3)COC1=O)c1ncc-2[nH]1.